The van der Waals surface area contributed by atoms with E-state index in [1.54, 1.807) is 11.3 Å². The van der Waals surface area contributed by atoms with Crippen LogP contribution in [0.25, 0.3) is 0 Å². The van der Waals surface area contributed by atoms with Gasteiger partial charge in [0.25, 0.3) is 0 Å². The number of halogens is 1. The SMILES string of the molecule is CC(NC1CCCCC1O)c1ccc(Cl)s1. The Kier molecular flexibility index (Phi) is 4.25. The largest absolute Gasteiger partial charge is 0.392 e. The van der Waals surface area contributed by atoms with E-state index in [4.69, 9.17) is 11.6 Å². The average molecular weight is 260 g/mol. The third-order valence-corrected chi connectivity index (χ3v) is 4.63. The predicted molar refractivity (Wildman–Crippen MR) is 69.1 cm³/mol. The maximum atomic E-state index is 9.88. The summed E-state index contributed by atoms with van der Waals surface area (Å²) >= 11 is 7.52. The van der Waals surface area contributed by atoms with E-state index < -0.39 is 0 Å². The van der Waals surface area contributed by atoms with Crippen molar-refractivity contribution in [3.05, 3.63) is 21.3 Å². The number of hydrogen-bond acceptors (Lipinski definition) is 3. The molecule has 2 rings (SSSR count). The summed E-state index contributed by atoms with van der Waals surface area (Å²) in [6.45, 7) is 2.13. The quantitative estimate of drug-likeness (QED) is 0.873. The molecule has 3 atom stereocenters. The first-order valence-electron chi connectivity index (χ1n) is 5.86. The fourth-order valence-corrected chi connectivity index (χ4v) is 3.34. The summed E-state index contributed by atoms with van der Waals surface area (Å²) in [6.07, 6.45) is 4.18. The third kappa shape index (κ3) is 2.98. The summed E-state index contributed by atoms with van der Waals surface area (Å²) in [7, 11) is 0. The molecule has 0 spiro atoms. The highest BCUT2D eigenvalue weighted by molar-refractivity contribution is 7.16. The van der Waals surface area contributed by atoms with Gasteiger partial charge >= 0.3 is 0 Å². The lowest BCUT2D eigenvalue weighted by atomic mass is 9.92. The van der Waals surface area contributed by atoms with Crippen molar-refractivity contribution in [2.45, 2.75) is 50.8 Å². The molecule has 0 radical (unpaired) electrons. The third-order valence-electron chi connectivity index (χ3n) is 3.21. The Balaban J connectivity index is 1.93. The molecule has 1 aliphatic carbocycles. The number of rotatable bonds is 3. The molecule has 3 unspecified atom stereocenters. The summed E-state index contributed by atoms with van der Waals surface area (Å²) < 4.78 is 0.827. The second-order valence-corrected chi connectivity index (χ2v) is 6.24. The average Bonchev–Trinajstić information content (AvgIpc) is 2.68. The van der Waals surface area contributed by atoms with Crippen molar-refractivity contribution in [1.29, 1.82) is 0 Å². The van der Waals surface area contributed by atoms with Crippen LogP contribution in [0.3, 0.4) is 0 Å². The van der Waals surface area contributed by atoms with Crippen LogP contribution in [0.4, 0.5) is 0 Å². The van der Waals surface area contributed by atoms with Crippen LogP contribution in [0.1, 0.15) is 43.5 Å². The molecule has 0 aromatic carbocycles. The van der Waals surface area contributed by atoms with E-state index in [9.17, 15) is 5.11 Å². The lowest BCUT2D eigenvalue weighted by molar-refractivity contribution is 0.0862. The van der Waals surface area contributed by atoms with Crippen LogP contribution in [0.5, 0.6) is 0 Å². The Labute approximate surface area is 106 Å². The molecule has 2 nitrogen and oxygen atoms in total. The van der Waals surface area contributed by atoms with Crippen LogP contribution in [-0.2, 0) is 0 Å². The van der Waals surface area contributed by atoms with Gasteiger partial charge < -0.3 is 10.4 Å². The van der Waals surface area contributed by atoms with E-state index in [-0.39, 0.29) is 18.2 Å². The van der Waals surface area contributed by atoms with Crippen molar-refractivity contribution in [1.82, 2.24) is 5.32 Å². The van der Waals surface area contributed by atoms with Crippen LogP contribution in [0.2, 0.25) is 4.34 Å². The first-order valence-corrected chi connectivity index (χ1v) is 7.05. The Hall–Kier alpha value is -0.0900. The van der Waals surface area contributed by atoms with Gasteiger partial charge in [-0.15, -0.1) is 11.3 Å². The van der Waals surface area contributed by atoms with Gasteiger partial charge in [-0.2, -0.15) is 0 Å². The molecule has 0 amide bonds. The topological polar surface area (TPSA) is 32.3 Å². The van der Waals surface area contributed by atoms with Crippen LogP contribution >= 0.6 is 22.9 Å². The highest BCUT2D eigenvalue weighted by Gasteiger charge is 2.24. The summed E-state index contributed by atoms with van der Waals surface area (Å²) in [5.74, 6) is 0. The number of aliphatic hydroxyl groups excluding tert-OH is 1. The number of aliphatic hydroxyl groups is 1. The molecule has 16 heavy (non-hydrogen) atoms. The van der Waals surface area contributed by atoms with Crippen molar-refractivity contribution >= 4 is 22.9 Å². The minimum Gasteiger partial charge on any atom is -0.392 e. The minimum atomic E-state index is -0.188. The molecular weight excluding hydrogens is 242 g/mol. The van der Waals surface area contributed by atoms with Crippen molar-refractivity contribution < 1.29 is 5.11 Å². The molecule has 4 heteroatoms. The summed E-state index contributed by atoms with van der Waals surface area (Å²) in [6, 6.07) is 4.50. The van der Waals surface area contributed by atoms with E-state index in [0.29, 0.717) is 0 Å². The van der Waals surface area contributed by atoms with Gasteiger partial charge in [0.2, 0.25) is 0 Å². The molecule has 2 N–H and O–H groups in total. The molecule has 1 aromatic rings. The smallest absolute Gasteiger partial charge is 0.0931 e. The zero-order valence-electron chi connectivity index (χ0n) is 9.45. The van der Waals surface area contributed by atoms with Crippen LogP contribution < -0.4 is 5.32 Å². The first kappa shape index (κ1) is 12.4. The van der Waals surface area contributed by atoms with Crippen molar-refractivity contribution in [2.75, 3.05) is 0 Å². The summed E-state index contributed by atoms with van der Waals surface area (Å²) in [5, 5.41) is 13.4. The van der Waals surface area contributed by atoms with Gasteiger partial charge in [0.1, 0.15) is 0 Å². The molecule has 0 saturated heterocycles. The molecular formula is C12H18ClNOS. The number of nitrogens with one attached hydrogen (secondary N) is 1. The maximum absolute atomic E-state index is 9.88. The molecule has 0 bridgehead atoms. The Morgan fingerprint density at radius 1 is 1.44 bits per heavy atom. The predicted octanol–water partition coefficient (Wildman–Crippen LogP) is 3.36. The van der Waals surface area contributed by atoms with E-state index >= 15 is 0 Å². The Bertz CT molecular complexity index is 342. The lowest BCUT2D eigenvalue weighted by Gasteiger charge is -2.30. The van der Waals surface area contributed by atoms with E-state index in [0.717, 1.165) is 23.6 Å². The zero-order chi connectivity index (χ0) is 11.5. The Morgan fingerprint density at radius 2 is 2.19 bits per heavy atom. The molecule has 0 aliphatic heterocycles. The monoisotopic (exact) mass is 259 g/mol. The van der Waals surface area contributed by atoms with Crippen molar-refractivity contribution in [3.8, 4) is 0 Å². The van der Waals surface area contributed by atoms with E-state index in [1.165, 1.54) is 11.3 Å². The van der Waals surface area contributed by atoms with Gasteiger partial charge in [-0.25, -0.2) is 0 Å². The molecule has 1 saturated carbocycles. The van der Waals surface area contributed by atoms with Crippen molar-refractivity contribution in [2.24, 2.45) is 0 Å². The van der Waals surface area contributed by atoms with Gasteiger partial charge in [-0.05, 0) is 31.9 Å². The highest BCUT2D eigenvalue weighted by atomic mass is 35.5. The normalized spacial score (nSPS) is 27.9. The summed E-state index contributed by atoms with van der Waals surface area (Å²) in [4.78, 5) is 1.24. The van der Waals surface area contributed by atoms with Gasteiger partial charge in [0.15, 0.2) is 0 Å². The first-order chi connectivity index (χ1) is 7.66. The second kappa shape index (κ2) is 5.50. The molecule has 1 aromatic heterocycles. The standard InChI is InChI=1S/C12H18ClNOS/c1-8(11-6-7-12(13)16-11)14-9-4-2-3-5-10(9)15/h6-10,14-15H,2-5H2,1H3. The molecule has 90 valence electrons. The van der Waals surface area contributed by atoms with Crippen LogP contribution in [0.15, 0.2) is 12.1 Å². The highest BCUT2D eigenvalue weighted by Crippen LogP contribution is 2.28. The number of thiophene rings is 1. The fourth-order valence-electron chi connectivity index (χ4n) is 2.27. The van der Waals surface area contributed by atoms with Crippen molar-refractivity contribution in [3.63, 3.8) is 0 Å². The maximum Gasteiger partial charge on any atom is 0.0931 e. The Morgan fingerprint density at radius 3 is 2.81 bits per heavy atom. The fraction of sp³-hybridized carbons (Fsp3) is 0.667. The summed E-state index contributed by atoms with van der Waals surface area (Å²) in [5.41, 5.74) is 0. The van der Waals surface area contributed by atoms with E-state index in [2.05, 4.69) is 18.3 Å². The zero-order valence-corrected chi connectivity index (χ0v) is 11.0. The van der Waals surface area contributed by atoms with Gasteiger partial charge in [0, 0.05) is 17.0 Å². The van der Waals surface area contributed by atoms with Gasteiger partial charge in [-0.1, -0.05) is 24.4 Å². The lowest BCUT2D eigenvalue weighted by Crippen LogP contribution is -2.42. The molecule has 1 fully saturated rings. The van der Waals surface area contributed by atoms with Crippen LogP contribution in [0, 0.1) is 0 Å². The molecule has 1 aliphatic rings. The molecule has 1 heterocycles. The van der Waals surface area contributed by atoms with E-state index in [1.807, 2.05) is 6.07 Å². The number of hydrogen-bond donors (Lipinski definition) is 2. The minimum absolute atomic E-state index is 0.188. The van der Waals surface area contributed by atoms with Gasteiger partial charge in [-0.3, -0.25) is 0 Å². The van der Waals surface area contributed by atoms with Gasteiger partial charge in [0.05, 0.1) is 10.4 Å². The van der Waals surface area contributed by atoms with Crippen LogP contribution in [-0.4, -0.2) is 17.3 Å². The second-order valence-electron chi connectivity index (χ2n) is 4.49.